The molecule has 0 saturated carbocycles. The number of piperidine rings is 1. The van der Waals surface area contributed by atoms with Crippen molar-refractivity contribution in [1.82, 2.24) is 10.2 Å². The lowest BCUT2D eigenvalue weighted by Gasteiger charge is -2.33. The van der Waals surface area contributed by atoms with E-state index in [-0.39, 0.29) is 0 Å². The van der Waals surface area contributed by atoms with Gasteiger partial charge in [0.2, 0.25) is 0 Å². The molecule has 16 heavy (non-hydrogen) atoms. The summed E-state index contributed by atoms with van der Waals surface area (Å²) in [5.41, 5.74) is -0.580. The van der Waals surface area contributed by atoms with Gasteiger partial charge in [-0.05, 0) is 46.2 Å². The van der Waals surface area contributed by atoms with Gasteiger partial charge in [-0.25, -0.2) is 0 Å². The van der Waals surface area contributed by atoms with Gasteiger partial charge in [-0.1, -0.05) is 13.3 Å². The third-order valence-corrected chi connectivity index (χ3v) is 3.04. The molecule has 1 atom stereocenters. The first-order valence-corrected chi connectivity index (χ1v) is 6.69. The highest BCUT2D eigenvalue weighted by Crippen LogP contribution is 2.11. The Kier molecular flexibility index (Phi) is 5.73. The first-order chi connectivity index (χ1) is 7.51. The predicted octanol–water partition coefficient (Wildman–Crippen LogP) is 1.61. The van der Waals surface area contributed by atoms with E-state index in [0.29, 0.717) is 6.04 Å². The van der Waals surface area contributed by atoms with E-state index in [4.69, 9.17) is 0 Å². The minimum Gasteiger partial charge on any atom is -0.389 e. The van der Waals surface area contributed by atoms with Gasteiger partial charge in [0.1, 0.15) is 0 Å². The molecule has 0 aromatic heterocycles. The molecule has 1 rings (SSSR count). The highest BCUT2D eigenvalue weighted by atomic mass is 16.3. The zero-order valence-electron chi connectivity index (χ0n) is 11.1. The first kappa shape index (κ1) is 13.9. The van der Waals surface area contributed by atoms with Gasteiger partial charge in [-0.3, -0.25) is 4.90 Å². The molecule has 3 nitrogen and oxygen atoms in total. The predicted molar refractivity (Wildman–Crippen MR) is 68.7 cm³/mol. The Balaban J connectivity index is 2.36. The normalized spacial score (nSPS) is 22.7. The molecule has 1 saturated heterocycles. The van der Waals surface area contributed by atoms with E-state index in [2.05, 4.69) is 17.1 Å². The van der Waals surface area contributed by atoms with E-state index in [0.717, 1.165) is 32.6 Å². The largest absolute Gasteiger partial charge is 0.389 e. The van der Waals surface area contributed by atoms with Crippen LogP contribution in [0.15, 0.2) is 0 Å². The van der Waals surface area contributed by atoms with Crippen LogP contribution in [-0.4, -0.2) is 47.8 Å². The fourth-order valence-electron chi connectivity index (χ4n) is 2.49. The summed E-state index contributed by atoms with van der Waals surface area (Å²) in [6.07, 6.45) is 5.10. The van der Waals surface area contributed by atoms with Gasteiger partial charge in [0.05, 0.1) is 5.60 Å². The molecule has 1 aliphatic heterocycles. The zero-order valence-corrected chi connectivity index (χ0v) is 11.1. The van der Waals surface area contributed by atoms with Crippen molar-refractivity contribution in [3.05, 3.63) is 0 Å². The number of nitrogens with zero attached hydrogens (tertiary/aromatic N) is 1. The monoisotopic (exact) mass is 228 g/mol. The Morgan fingerprint density at radius 3 is 2.62 bits per heavy atom. The highest BCUT2D eigenvalue weighted by Gasteiger charge is 2.21. The van der Waals surface area contributed by atoms with Crippen molar-refractivity contribution in [3.63, 3.8) is 0 Å². The van der Waals surface area contributed by atoms with E-state index in [9.17, 15) is 5.11 Å². The van der Waals surface area contributed by atoms with Gasteiger partial charge in [-0.15, -0.1) is 0 Å². The lowest BCUT2D eigenvalue weighted by Crippen LogP contribution is -2.47. The van der Waals surface area contributed by atoms with Crippen molar-refractivity contribution in [2.45, 2.75) is 58.1 Å². The van der Waals surface area contributed by atoms with Crippen LogP contribution in [0.25, 0.3) is 0 Å². The number of rotatable bonds is 6. The molecule has 0 bridgehead atoms. The lowest BCUT2D eigenvalue weighted by molar-refractivity contribution is 0.0321. The molecule has 0 radical (unpaired) electrons. The van der Waals surface area contributed by atoms with Crippen LogP contribution in [0.2, 0.25) is 0 Å². The van der Waals surface area contributed by atoms with E-state index in [1.165, 1.54) is 19.3 Å². The second kappa shape index (κ2) is 6.58. The molecule has 3 heteroatoms. The second-order valence-corrected chi connectivity index (χ2v) is 5.69. The van der Waals surface area contributed by atoms with Crippen LogP contribution in [-0.2, 0) is 0 Å². The molecule has 1 heterocycles. The highest BCUT2D eigenvalue weighted by molar-refractivity contribution is 4.79. The van der Waals surface area contributed by atoms with Crippen molar-refractivity contribution in [2.24, 2.45) is 0 Å². The smallest absolute Gasteiger partial charge is 0.0718 e. The molecular weight excluding hydrogens is 200 g/mol. The minimum absolute atomic E-state index is 0.580. The van der Waals surface area contributed by atoms with Crippen LogP contribution < -0.4 is 5.32 Å². The second-order valence-electron chi connectivity index (χ2n) is 5.69. The van der Waals surface area contributed by atoms with E-state index in [1.54, 1.807) is 0 Å². The van der Waals surface area contributed by atoms with E-state index < -0.39 is 5.60 Å². The summed E-state index contributed by atoms with van der Waals surface area (Å²) in [7, 11) is 0. The molecule has 1 fully saturated rings. The molecule has 96 valence electrons. The fraction of sp³-hybridized carbons (Fsp3) is 1.00. The Bertz CT molecular complexity index is 183. The molecule has 2 N–H and O–H groups in total. The number of hydrogen-bond donors (Lipinski definition) is 2. The molecule has 0 spiro atoms. The average molecular weight is 228 g/mol. The molecule has 0 aromatic rings. The fourth-order valence-corrected chi connectivity index (χ4v) is 2.49. The summed E-state index contributed by atoms with van der Waals surface area (Å²) in [4.78, 5) is 2.39. The molecular formula is C13H28N2O. The molecule has 0 amide bonds. The number of hydrogen-bond acceptors (Lipinski definition) is 3. The maximum absolute atomic E-state index is 9.88. The Morgan fingerprint density at radius 2 is 2.12 bits per heavy atom. The maximum atomic E-state index is 9.88. The summed E-state index contributed by atoms with van der Waals surface area (Å²) in [5, 5.41) is 13.5. The van der Waals surface area contributed by atoms with Gasteiger partial charge >= 0.3 is 0 Å². The summed E-state index contributed by atoms with van der Waals surface area (Å²) in [5.74, 6) is 0. The molecule has 1 aliphatic rings. The van der Waals surface area contributed by atoms with Gasteiger partial charge in [0.25, 0.3) is 0 Å². The summed E-state index contributed by atoms with van der Waals surface area (Å²) in [6, 6.07) is 0.627. The van der Waals surface area contributed by atoms with E-state index >= 15 is 0 Å². The van der Waals surface area contributed by atoms with Crippen molar-refractivity contribution < 1.29 is 5.11 Å². The van der Waals surface area contributed by atoms with Crippen LogP contribution >= 0.6 is 0 Å². The van der Waals surface area contributed by atoms with Crippen molar-refractivity contribution in [3.8, 4) is 0 Å². The van der Waals surface area contributed by atoms with Gasteiger partial charge in [0, 0.05) is 19.1 Å². The molecule has 1 unspecified atom stereocenters. The van der Waals surface area contributed by atoms with Crippen LogP contribution in [0.4, 0.5) is 0 Å². The Labute approximate surface area is 100 Å². The van der Waals surface area contributed by atoms with Crippen LogP contribution in [0.5, 0.6) is 0 Å². The zero-order chi connectivity index (χ0) is 12.0. The third kappa shape index (κ3) is 5.83. The van der Waals surface area contributed by atoms with Gasteiger partial charge in [0.15, 0.2) is 0 Å². The third-order valence-electron chi connectivity index (χ3n) is 3.04. The van der Waals surface area contributed by atoms with Crippen LogP contribution in [0.1, 0.15) is 46.5 Å². The summed E-state index contributed by atoms with van der Waals surface area (Å²) >= 11 is 0. The van der Waals surface area contributed by atoms with Crippen LogP contribution in [0.3, 0.4) is 0 Å². The van der Waals surface area contributed by atoms with Gasteiger partial charge in [-0.2, -0.15) is 0 Å². The summed E-state index contributed by atoms with van der Waals surface area (Å²) in [6.45, 7) is 10.1. The Hall–Kier alpha value is -0.120. The standard InChI is InChI=1S/C13H28N2O/c1-4-9-15(11-13(2,3)16)10-12-7-5-6-8-14-12/h12,14,16H,4-11H2,1-3H3. The van der Waals surface area contributed by atoms with Gasteiger partial charge < -0.3 is 10.4 Å². The van der Waals surface area contributed by atoms with E-state index in [1.807, 2.05) is 13.8 Å². The average Bonchev–Trinajstić information content (AvgIpc) is 2.17. The lowest BCUT2D eigenvalue weighted by atomic mass is 10.0. The number of aliphatic hydroxyl groups is 1. The van der Waals surface area contributed by atoms with Crippen LogP contribution in [0, 0.1) is 0 Å². The molecule has 0 aromatic carbocycles. The topological polar surface area (TPSA) is 35.5 Å². The van der Waals surface area contributed by atoms with Crippen molar-refractivity contribution >= 4 is 0 Å². The number of nitrogens with one attached hydrogen (secondary N) is 1. The Morgan fingerprint density at radius 1 is 1.38 bits per heavy atom. The quantitative estimate of drug-likeness (QED) is 0.725. The first-order valence-electron chi connectivity index (χ1n) is 6.69. The maximum Gasteiger partial charge on any atom is 0.0718 e. The van der Waals surface area contributed by atoms with Crippen molar-refractivity contribution in [1.29, 1.82) is 0 Å². The molecule has 0 aliphatic carbocycles. The van der Waals surface area contributed by atoms with Crippen molar-refractivity contribution in [2.75, 3.05) is 26.2 Å². The summed E-state index contributed by atoms with van der Waals surface area (Å²) < 4.78 is 0. The SMILES string of the molecule is CCCN(CC1CCCCN1)CC(C)(C)O. The minimum atomic E-state index is -0.580.